The first-order valence-corrected chi connectivity index (χ1v) is 8.22. The fourth-order valence-corrected chi connectivity index (χ4v) is 3.82. The van der Waals surface area contributed by atoms with Gasteiger partial charge in [0.1, 0.15) is 12.1 Å². The highest BCUT2D eigenvalue weighted by atomic mass is 32.1. The molecule has 0 radical (unpaired) electrons. The average molecular weight is 302 g/mol. The molecule has 3 heterocycles. The van der Waals surface area contributed by atoms with E-state index in [9.17, 15) is 0 Å². The van der Waals surface area contributed by atoms with Crippen LogP contribution >= 0.6 is 11.3 Å². The lowest BCUT2D eigenvalue weighted by atomic mass is 10.2. The summed E-state index contributed by atoms with van der Waals surface area (Å²) in [5.74, 6) is 1.03. The van der Waals surface area contributed by atoms with E-state index in [2.05, 4.69) is 51.9 Å². The zero-order valence-electron chi connectivity index (χ0n) is 12.9. The Labute approximate surface area is 130 Å². The number of aromatic nitrogens is 2. The van der Waals surface area contributed by atoms with Crippen molar-refractivity contribution in [1.29, 1.82) is 0 Å². The number of nitrogens with zero attached hydrogens (tertiary/aromatic N) is 4. The lowest BCUT2D eigenvalue weighted by Crippen LogP contribution is -2.35. The highest BCUT2D eigenvalue weighted by Gasteiger charge is 2.26. The fraction of sp³-hybridized carbons (Fsp3) is 0.500. The Hall–Kier alpha value is -1.46. The molecule has 2 aromatic rings. The molecule has 0 spiro atoms. The van der Waals surface area contributed by atoms with Gasteiger partial charge in [-0.2, -0.15) is 0 Å². The third kappa shape index (κ3) is 3.41. The molecule has 1 atom stereocenters. The minimum absolute atomic E-state index is 0.542. The number of anilines is 1. The average Bonchev–Trinajstić information content (AvgIpc) is 3.08. The summed E-state index contributed by atoms with van der Waals surface area (Å²) in [4.78, 5) is 16.3. The van der Waals surface area contributed by atoms with Crippen molar-refractivity contribution >= 4 is 17.2 Å². The third-order valence-corrected chi connectivity index (χ3v) is 5.11. The Morgan fingerprint density at radius 2 is 2.19 bits per heavy atom. The van der Waals surface area contributed by atoms with Gasteiger partial charge in [0.05, 0.1) is 0 Å². The Balaban J connectivity index is 1.61. The molecule has 1 aliphatic heterocycles. The Kier molecular flexibility index (Phi) is 4.22. The molecule has 21 heavy (non-hydrogen) atoms. The Morgan fingerprint density at radius 1 is 1.33 bits per heavy atom. The molecule has 0 aromatic carbocycles. The maximum atomic E-state index is 4.39. The van der Waals surface area contributed by atoms with E-state index in [0.717, 1.165) is 31.1 Å². The second-order valence-electron chi connectivity index (χ2n) is 5.82. The van der Waals surface area contributed by atoms with Crippen molar-refractivity contribution in [2.75, 3.05) is 25.0 Å². The van der Waals surface area contributed by atoms with E-state index in [1.165, 1.54) is 16.2 Å². The lowest BCUT2D eigenvalue weighted by Gasteiger charge is -2.26. The summed E-state index contributed by atoms with van der Waals surface area (Å²) in [7, 11) is 2.14. The van der Waals surface area contributed by atoms with E-state index in [-0.39, 0.29) is 0 Å². The van der Waals surface area contributed by atoms with E-state index in [4.69, 9.17) is 0 Å². The van der Waals surface area contributed by atoms with Crippen molar-refractivity contribution in [3.8, 4) is 0 Å². The second kappa shape index (κ2) is 6.12. The van der Waals surface area contributed by atoms with Crippen LogP contribution < -0.4 is 4.90 Å². The number of likely N-dealkylation sites (N-methyl/N-ethyl adjacent to an activating group) is 1. The predicted octanol–water partition coefficient (Wildman–Crippen LogP) is 2.87. The Bertz CT molecular complexity index is 610. The molecule has 112 valence electrons. The van der Waals surface area contributed by atoms with Crippen molar-refractivity contribution in [3.63, 3.8) is 0 Å². The molecule has 2 aromatic heterocycles. The number of rotatable bonds is 4. The maximum Gasteiger partial charge on any atom is 0.132 e. The summed E-state index contributed by atoms with van der Waals surface area (Å²) in [5.41, 5.74) is 1.02. The first-order valence-electron chi connectivity index (χ1n) is 7.41. The second-order valence-corrected chi connectivity index (χ2v) is 7.19. The van der Waals surface area contributed by atoms with E-state index in [1.54, 1.807) is 6.33 Å². The molecular formula is C16H22N4S. The molecular weight excluding hydrogens is 280 g/mol. The topological polar surface area (TPSA) is 32.3 Å². The van der Waals surface area contributed by atoms with Gasteiger partial charge in [-0.3, -0.25) is 4.90 Å². The molecule has 0 saturated carbocycles. The van der Waals surface area contributed by atoms with Crippen molar-refractivity contribution in [2.24, 2.45) is 0 Å². The van der Waals surface area contributed by atoms with E-state index in [1.807, 2.05) is 18.3 Å². The van der Waals surface area contributed by atoms with Crippen LogP contribution in [0, 0.1) is 13.8 Å². The van der Waals surface area contributed by atoms with Crippen molar-refractivity contribution in [3.05, 3.63) is 40.0 Å². The zero-order chi connectivity index (χ0) is 14.8. The first kappa shape index (κ1) is 14.5. The molecule has 1 unspecified atom stereocenters. The van der Waals surface area contributed by atoms with Gasteiger partial charge in [0, 0.05) is 54.2 Å². The molecule has 0 amide bonds. The van der Waals surface area contributed by atoms with Gasteiger partial charge in [-0.25, -0.2) is 9.97 Å². The van der Waals surface area contributed by atoms with Crippen molar-refractivity contribution in [2.45, 2.75) is 32.9 Å². The third-order valence-electron chi connectivity index (χ3n) is 4.12. The van der Waals surface area contributed by atoms with Gasteiger partial charge in [0.2, 0.25) is 0 Å². The van der Waals surface area contributed by atoms with Crippen molar-refractivity contribution in [1.82, 2.24) is 14.9 Å². The molecule has 0 bridgehead atoms. The van der Waals surface area contributed by atoms with Crippen LogP contribution in [0.4, 0.5) is 5.82 Å². The maximum absolute atomic E-state index is 4.39. The minimum atomic E-state index is 0.542. The molecule has 1 aliphatic rings. The summed E-state index contributed by atoms with van der Waals surface area (Å²) in [6.07, 6.45) is 2.85. The van der Waals surface area contributed by atoms with Crippen molar-refractivity contribution < 1.29 is 0 Å². The largest absolute Gasteiger partial charge is 0.355 e. The van der Waals surface area contributed by atoms with E-state index in [0.29, 0.717) is 6.04 Å². The molecule has 5 heteroatoms. The summed E-state index contributed by atoms with van der Waals surface area (Å²) in [6, 6.07) is 7.07. The van der Waals surface area contributed by atoms with Gasteiger partial charge in [0.15, 0.2) is 0 Å². The monoisotopic (exact) mass is 302 g/mol. The van der Waals surface area contributed by atoms with Gasteiger partial charge in [-0.1, -0.05) is 0 Å². The highest BCUT2D eigenvalue weighted by Crippen LogP contribution is 2.23. The number of likely N-dealkylation sites (tertiary alicyclic amines) is 1. The summed E-state index contributed by atoms with van der Waals surface area (Å²) in [5, 5.41) is 0. The van der Waals surface area contributed by atoms with Crippen LogP contribution in [-0.2, 0) is 6.54 Å². The molecule has 4 nitrogen and oxygen atoms in total. The van der Waals surface area contributed by atoms with Crippen LogP contribution in [0.15, 0.2) is 24.5 Å². The van der Waals surface area contributed by atoms with Crippen LogP contribution in [-0.4, -0.2) is 41.0 Å². The standard InChI is InChI=1S/C16H22N4S/c1-12-8-16(18-11-17-12)19(3)14-6-7-20(9-14)10-15-5-4-13(2)21-15/h4-5,8,11,14H,6-7,9-10H2,1-3H3. The molecule has 0 aliphatic carbocycles. The van der Waals surface area contributed by atoms with Gasteiger partial charge in [-0.15, -0.1) is 11.3 Å². The fourth-order valence-electron chi connectivity index (χ4n) is 2.88. The molecule has 0 N–H and O–H groups in total. The minimum Gasteiger partial charge on any atom is -0.355 e. The molecule has 3 rings (SSSR count). The van der Waals surface area contributed by atoms with Crippen LogP contribution in [0.3, 0.4) is 0 Å². The SMILES string of the molecule is Cc1cc(N(C)C2CCN(Cc3ccc(C)s3)C2)ncn1. The zero-order valence-corrected chi connectivity index (χ0v) is 13.7. The van der Waals surface area contributed by atoms with Gasteiger partial charge >= 0.3 is 0 Å². The summed E-state index contributed by atoms with van der Waals surface area (Å²) >= 11 is 1.91. The van der Waals surface area contributed by atoms with E-state index >= 15 is 0 Å². The summed E-state index contributed by atoms with van der Waals surface area (Å²) in [6.45, 7) is 7.53. The smallest absolute Gasteiger partial charge is 0.132 e. The van der Waals surface area contributed by atoms with E-state index < -0.39 is 0 Å². The van der Waals surface area contributed by atoms with Crippen LogP contribution in [0.5, 0.6) is 0 Å². The molecule has 1 saturated heterocycles. The predicted molar refractivity (Wildman–Crippen MR) is 87.9 cm³/mol. The highest BCUT2D eigenvalue weighted by molar-refractivity contribution is 7.11. The normalized spacial score (nSPS) is 19.1. The van der Waals surface area contributed by atoms with Gasteiger partial charge < -0.3 is 4.90 Å². The van der Waals surface area contributed by atoms with Gasteiger partial charge in [0.25, 0.3) is 0 Å². The van der Waals surface area contributed by atoms with Crippen LogP contribution in [0.25, 0.3) is 0 Å². The lowest BCUT2D eigenvalue weighted by molar-refractivity contribution is 0.329. The van der Waals surface area contributed by atoms with Crippen LogP contribution in [0.1, 0.15) is 21.9 Å². The first-order chi connectivity index (χ1) is 10.1. The van der Waals surface area contributed by atoms with Gasteiger partial charge in [-0.05, 0) is 32.4 Å². The summed E-state index contributed by atoms with van der Waals surface area (Å²) < 4.78 is 0. The van der Waals surface area contributed by atoms with Crippen LogP contribution in [0.2, 0.25) is 0 Å². The number of thiophene rings is 1. The number of hydrogen-bond acceptors (Lipinski definition) is 5. The number of aryl methyl sites for hydroxylation is 2. The number of hydrogen-bond donors (Lipinski definition) is 0. The molecule has 1 fully saturated rings. The Morgan fingerprint density at radius 3 is 2.90 bits per heavy atom. The quantitative estimate of drug-likeness (QED) is 0.869.